The highest BCUT2D eigenvalue weighted by molar-refractivity contribution is 5.91. The van der Waals surface area contributed by atoms with E-state index in [4.69, 9.17) is 14.9 Å². The summed E-state index contributed by atoms with van der Waals surface area (Å²) in [5.41, 5.74) is 0.481. The van der Waals surface area contributed by atoms with Crippen molar-refractivity contribution in [2.24, 2.45) is 0 Å². The molecule has 1 aromatic rings. The molecule has 3 N–H and O–H groups in total. The van der Waals surface area contributed by atoms with Gasteiger partial charge >= 0.3 is 5.97 Å². The number of halogens is 1. The monoisotopic (exact) mass is 297 g/mol. The molecule has 0 saturated heterocycles. The summed E-state index contributed by atoms with van der Waals surface area (Å²) in [4.78, 5) is 21.8. The Morgan fingerprint density at radius 3 is 2.76 bits per heavy atom. The summed E-state index contributed by atoms with van der Waals surface area (Å²) < 4.78 is 18.2. The SMILES string of the molecule is COc1ccc(/C=C/C(=O)NCC[C@H](O)C(=O)O)cc1F. The Labute approximate surface area is 120 Å². The molecule has 0 aromatic heterocycles. The van der Waals surface area contributed by atoms with Crippen molar-refractivity contribution >= 4 is 18.0 Å². The summed E-state index contributed by atoms with van der Waals surface area (Å²) in [6, 6.07) is 4.24. The van der Waals surface area contributed by atoms with Crippen molar-refractivity contribution in [3.05, 3.63) is 35.7 Å². The van der Waals surface area contributed by atoms with Crippen LogP contribution in [0.5, 0.6) is 5.75 Å². The lowest BCUT2D eigenvalue weighted by Gasteiger charge is -2.05. The molecule has 0 fully saturated rings. The van der Waals surface area contributed by atoms with E-state index in [2.05, 4.69) is 5.32 Å². The first-order valence-electron chi connectivity index (χ1n) is 6.14. The van der Waals surface area contributed by atoms with Crippen LogP contribution in [0.3, 0.4) is 0 Å². The molecule has 0 bridgehead atoms. The molecule has 0 aliphatic carbocycles. The third kappa shape index (κ3) is 5.62. The maximum atomic E-state index is 13.4. The van der Waals surface area contributed by atoms with Crippen molar-refractivity contribution in [1.29, 1.82) is 0 Å². The van der Waals surface area contributed by atoms with Crippen LogP contribution in [0.15, 0.2) is 24.3 Å². The van der Waals surface area contributed by atoms with E-state index in [9.17, 15) is 14.0 Å². The van der Waals surface area contributed by atoms with Crippen molar-refractivity contribution in [2.75, 3.05) is 13.7 Å². The zero-order valence-corrected chi connectivity index (χ0v) is 11.4. The maximum Gasteiger partial charge on any atom is 0.332 e. The fraction of sp³-hybridized carbons (Fsp3) is 0.286. The lowest BCUT2D eigenvalue weighted by Crippen LogP contribution is -2.28. The highest BCUT2D eigenvalue weighted by Gasteiger charge is 2.12. The van der Waals surface area contributed by atoms with E-state index in [1.165, 1.54) is 31.4 Å². The van der Waals surface area contributed by atoms with Gasteiger partial charge in [0.15, 0.2) is 17.7 Å². The molecule has 6 nitrogen and oxygen atoms in total. The normalized spacial score (nSPS) is 12.1. The molecule has 0 spiro atoms. The molecule has 1 atom stereocenters. The van der Waals surface area contributed by atoms with Gasteiger partial charge in [-0.25, -0.2) is 9.18 Å². The van der Waals surface area contributed by atoms with Gasteiger partial charge in [-0.3, -0.25) is 4.79 Å². The Hall–Kier alpha value is -2.41. The molecule has 1 amide bonds. The van der Waals surface area contributed by atoms with Crippen LogP contribution in [0.4, 0.5) is 4.39 Å². The first-order valence-corrected chi connectivity index (χ1v) is 6.14. The number of ether oxygens (including phenoxy) is 1. The van der Waals surface area contributed by atoms with Gasteiger partial charge in [0.25, 0.3) is 0 Å². The molecule has 0 aliphatic rings. The second-order valence-corrected chi connectivity index (χ2v) is 4.16. The van der Waals surface area contributed by atoms with E-state index in [0.29, 0.717) is 5.56 Å². The Bertz CT molecular complexity index is 544. The van der Waals surface area contributed by atoms with E-state index in [1.54, 1.807) is 6.07 Å². The fourth-order valence-electron chi connectivity index (χ4n) is 1.47. The topological polar surface area (TPSA) is 95.9 Å². The minimum Gasteiger partial charge on any atom is -0.494 e. The van der Waals surface area contributed by atoms with Crippen molar-refractivity contribution in [3.63, 3.8) is 0 Å². The van der Waals surface area contributed by atoms with Gasteiger partial charge in [-0.1, -0.05) is 6.07 Å². The number of methoxy groups -OCH3 is 1. The number of aliphatic hydroxyl groups excluding tert-OH is 1. The predicted molar refractivity (Wildman–Crippen MR) is 73.3 cm³/mol. The van der Waals surface area contributed by atoms with E-state index in [1.807, 2.05) is 0 Å². The summed E-state index contributed by atoms with van der Waals surface area (Å²) in [7, 11) is 1.35. The number of carboxylic acids is 1. The van der Waals surface area contributed by atoms with Gasteiger partial charge in [-0.05, 0) is 23.8 Å². The zero-order chi connectivity index (χ0) is 15.8. The summed E-state index contributed by atoms with van der Waals surface area (Å²) in [6.45, 7) is 0.0214. The Kier molecular flexibility index (Phi) is 6.35. The molecular formula is C14H16FNO5. The smallest absolute Gasteiger partial charge is 0.332 e. The van der Waals surface area contributed by atoms with E-state index < -0.39 is 23.8 Å². The van der Waals surface area contributed by atoms with Crippen molar-refractivity contribution in [2.45, 2.75) is 12.5 Å². The molecule has 0 unspecified atom stereocenters. The van der Waals surface area contributed by atoms with Crippen LogP contribution in [0.1, 0.15) is 12.0 Å². The lowest BCUT2D eigenvalue weighted by atomic mass is 10.2. The summed E-state index contributed by atoms with van der Waals surface area (Å²) >= 11 is 0. The van der Waals surface area contributed by atoms with Crippen LogP contribution in [0.2, 0.25) is 0 Å². The van der Waals surface area contributed by atoms with E-state index in [-0.39, 0.29) is 18.7 Å². The first kappa shape index (κ1) is 16.6. The summed E-state index contributed by atoms with van der Waals surface area (Å²) in [5.74, 6) is -2.23. The van der Waals surface area contributed by atoms with Crippen LogP contribution >= 0.6 is 0 Å². The minimum absolute atomic E-state index is 0.0214. The molecule has 0 radical (unpaired) electrons. The Morgan fingerprint density at radius 1 is 1.48 bits per heavy atom. The highest BCUT2D eigenvalue weighted by Crippen LogP contribution is 2.18. The average molecular weight is 297 g/mol. The van der Waals surface area contributed by atoms with Crippen LogP contribution in [0, 0.1) is 5.82 Å². The fourth-order valence-corrected chi connectivity index (χ4v) is 1.47. The summed E-state index contributed by atoms with van der Waals surface area (Å²) in [5, 5.41) is 19.9. The number of nitrogens with one attached hydrogen (secondary N) is 1. The minimum atomic E-state index is -1.51. The molecule has 21 heavy (non-hydrogen) atoms. The number of carbonyl (C=O) groups is 2. The van der Waals surface area contributed by atoms with Crippen molar-refractivity contribution < 1.29 is 28.9 Å². The van der Waals surface area contributed by atoms with Crippen molar-refractivity contribution in [3.8, 4) is 5.75 Å². The Morgan fingerprint density at radius 2 is 2.19 bits per heavy atom. The van der Waals surface area contributed by atoms with Gasteiger partial charge in [-0.2, -0.15) is 0 Å². The summed E-state index contributed by atoms with van der Waals surface area (Å²) in [6.07, 6.45) is 0.997. The van der Waals surface area contributed by atoms with Gasteiger partial charge < -0.3 is 20.3 Å². The number of rotatable bonds is 7. The van der Waals surface area contributed by atoms with Crippen LogP contribution in [-0.2, 0) is 9.59 Å². The lowest BCUT2D eigenvalue weighted by molar-refractivity contribution is -0.147. The van der Waals surface area contributed by atoms with Crippen LogP contribution in [0.25, 0.3) is 6.08 Å². The Balaban J connectivity index is 2.47. The van der Waals surface area contributed by atoms with Crippen molar-refractivity contribution in [1.82, 2.24) is 5.32 Å². The van der Waals surface area contributed by atoms with Gasteiger partial charge in [0.1, 0.15) is 0 Å². The quantitative estimate of drug-likeness (QED) is 0.647. The average Bonchev–Trinajstić information content (AvgIpc) is 2.45. The predicted octanol–water partition coefficient (Wildman–Crippen LogP) is 0.799. The van der Waals surface area contributed by atoms with Gasteiger partial charge in [0.2, 0.25) is 5.91 Å². The molecule has 0 heterocycles. The number of carbonyl (C=O) groups excluding carboxylic acids is 1. The van der Waals surface area contributed by atoms with Crippen LogP contribution < -0.4 is 10.1 Å². The molecule has 1 aromatic carbocycles. The number of benzene rings is 1. The number of carboxylic acid groups (broad SMARTS) is 1. The molecule has 7 heteroatoms. The zero-order valence-electron chi connectivity index (χ0n) is 11.4. The van der Waals surface area contributed by atoms with E-state index in [0.717, 1.165) is 0 Å². The standard InChI is InChI=1S/C14H16FNO5/c1-21-12-4-2-9(8-10(12)15)3-5-13(18)16-7-6-11(17)14(19)20/h2-5,8,11,17H,6-7H2,1H3,(H,16,18)(H,19,20)/b5-3+/t11-/m0/s1. The van der Waals surface area contributed by atoms with Gasteiger partial charge in [-0.15, -0.1) is 0 Å². The third-order valence-corrected chi connectivity index (χ3v) is 2.61. The number of hydrogen-bond donors (Lipinski definition) is 3. The number of aliphatic hydroxyl groups is 1. The molecular weight excluding hydrogens is 281 g/mol. The molecule has 1 rings (SSSR count). The third-order valence-electron chi connectivity index (χ3n) is 2.61. The number of hydrogen-bond acceptors (Lipinski definition) is 4. The highest BCUT2D eigenvalue weighted by atomic mass is 19.1. The largest absolute Gasteiger partial charge is 0.494 e. The molecule has 114 valence electrons. The molecule has 0 saturated carbocycles. The van der Waals surface area contributed by atoms with Crippen LogP contribution in [-0.4, -0.2) is 41.8 Å². The first-order chi connectivity index (χ1) is 9.93. The number of aliphatic carboxylic acids is 1. The number of amides is 1. The maximum absolute atomic E-state index is 13.4. The van der Waals surface area contributed by atoms with Gasteiger partial charge in [0, 0.05) is 19.0 Å². The molecule has 0 aliphatic heterocycles. The van der Waals surface area contributed by atoms with E-state index >= 15 is 0 Å². The van der Waals surface area contributed by atoms with Gasteiger partial charge in [0.05, 0.1) is 7.11 Å². The second kappa shape index (κ2) is 8.01. The second-order valence-electron chi connectivity index (χ2n) is 4.16.